The third-order valence-electron chi connectivity index (χ3n) is 5.01. The number of likely N-dealkylation sites (tertiary alicyclic amines) is 1. The Hall–Kier alpha value is -1.12. The molecule has 2 saturated heterocycles. The number of carboxylic acids is 1. The Morgan fingerprint density at radius 1 is 1.50 bits per heavy atom. The number of carbonyl (C=O) groups is 2. The molecule has 7 nitrogen and oxygen atoms in total. The molecule has 0 aromatic carbocycles. The van der Waals surface area contributed by atoms with Crippen molar-refractivity contribution in [2.24, 2.45) is 11.7 Å². The molecule has 5 N–H and O–H groups in total. The van der Waals surface area contributed by atoms with E-state index in [0.29, 0.717) is 32.3 Å². The molecule has 0 aromatic rings. The van der Waals surface area contributed by atoms with E-state index in [1.807, 2.05) is 0 Å². The number of rotatable bonds is 7. The molecule has 1 radical (unpaired) electrons. The number of carboxylic acid groups (broad SMARTS) is 1. The molecule has 2 heterocycles. The molecular formula is C14H25BN3O4. The van der Waals surface area contributed by atoms with E-state index in [0.717, 1.165) is 20.3 Å². The Kier molecular flexibility index (Phi) is 5.47. The molecular weight excluding hydrogens is 285 g/mol. The lowest BCUT2D eigenvalue weighted by molar-refractivity contribution is -0.146. The van der Waals surface area contributed by atoms with E-state index in [1.165, 1.54) is 0 Å². The number of unbranched alkanes of at least 4 members (excludes halogenated alkanes) is 1. The predicted molar refractivity (Wildman–Crippen MR) is 82.3 cm³/mol. The number of hydrogen-bond acceptors (Lipinski definition) is 5. The molecule has 0 bridgehead atoms. The summed E-state index contributed by atoms with van der Waals surface area (Å²) >= 11 is 0. The first kappa shape index (κ1) is 17.2. The largest absolute Gasteiger partial charge is 0.480 e. The second kappa shape index (κ2) is 6.98. The molecule has 4 atom stereocenters. The maximum atomic E-state index is 12.2. The lowest BCUT2D eigenvalue weighted by Crippen LogP contribution is -2.52. The topological polar surface area (TPSA) is 116 Å². The van der Waals surface area contributed by atoms with Crippen molar-refractivity contribution in [1.82, 2.24) is 10.2 Å². The number of hydrogen-bond donors (Lipinski definition) is 4. The van der Waals surface area contributed by atoms with Crippen LogP contribution in [0.1, 0.15) is 32.6 Å². The first-order chi connectivity index (χ1) is 10.4. The quantitative estimate of drug-likeness (QED) is 0.361. The number of nitrogens with one attached hydrogen (secondary N) is 1. The van der Waals surface area contributed by atoms with Gasteiger partial charge in [0.25, 0.3) is 7.48 Å². The first-order valence-electron chi connectivity index (χ1n) is 7.94. The van der Waals surface area contributed by atoms with E-state index in [1.54, 1.807) is 11.8 Å². The van der Waals surface area contributed by atoms with Crippen LogP contribution in [0, 0.1) is 5.92 Å². The molecule has 2 rings (SSSR count). The summed E-state index contributed by atoms with van der Waals surface area (Å²) in [5, 5.41) is 21.6. The summed E-state index contributed by atoms with van der Waals surface area (Å²) in [5.74, 6) is -1.03. The minimum Gasteiger partial charge on any atom is -0.480 e. The van der Waals surface area contributed by atoms with Crippen molar-refractivity contribution in [3.8, 4) is 0 Å². The Balaban J connectivity index is 2.08. The van der Waals surface area contributed by atoms with Gasteiger partial charge in [-0.3, -0.25) is 14.9 Å². The van der Waals surface area contributed by atoms with Gasteiger partial charge in [0.15, 0.2) is 0 Å². The van der Waals surface area contributed by atoms with Crippen molar-refractivity contribution >= 4 is 19.4 Å². The van der Waals surface area contributed by atoms with Gasteiger partial charge in [-0.15, -0.1) is 0 Å². The first-order valence-corrected chi connectivity index (χ1v) is 7.94. The number of amides is 1. The van der Waals surface area contributed by atoms with Crippen molar-refractivity contribution in [1.29, 1.82) is 0 Å². The van der Waals surface area contributed by atoms with Gasteiger partial charge < -0.3 is 20.8 Å². The average molecular weight is 310 g/mol. The number of nitrogens with zero attached hydrogens (tertiary/aromatic N) is 1. The number of fused-ring (bicyclic) bond motifs is 1. The van der Waals surface area contributed by atoms with Crippen molar-refractivity contribution in [3.05, 3.63) is 0 Å². The monoisotopic (exact) mass is 310 g/mol. The summed E-state index contributed by atoms with van der Waals surface area (Å²) in [4.78, 5) is 25.8. The summed E-state index contributed by atoms with van der Waals surface area (Å²) in [5.41, 5.74) is 4.72. The minimum atomic E-state index is -0.965. The molecule has 0 aliphatic carbocycles. The van der Waals surface area contributed by atoms with Crippen LogP contribution >= 0.6 is 0 Å². The molecule has 0 saturated carbocycles. The summed E-state index contributed by atoms with van der Waals surface area (Å²) < 4.78 is 0. The molecule has 0 aromatic heterocycles. The third kappa shape index (κ3) is 3.00. The zero-order chi connectivity index (χ0) is 16.3. The smallest absolute Gasteiger partial charge is 0.324 e. The fraction of sp³-hybridized carbons (Fsp3) is 0.857. The van der Waals surface area contributed by atoms with Crippen LogP contribution in [0.15, 0.2) is 0 Å². The zero-order valence-electron chi connectivity index (χ0n) is 13.0. The molecule has 2 fully saturated rings. The molecule has 8 heteroatoms. The second-order valence-electron chi connectivity index (χ2n) is 6.37. The van der Waals surface area contributed by atoms with E-state index in [2.05, 4.69) is 5.32 Å². The van der Waals surface area contributed by atoms with Crippen molar-refractivity contribution < 1.29 is 19.7 Å². The Bertz CT molecular complexity index is 434. The Morgan fingerprint density at radius 3 is 2.82 bits per heavy atom. The summed E-state index contributed by atoms with van der Waals surface area (Å²) in [6.45, 7) is 2.74. The van der Waals surface area contributed by atoms with Gasteiger partial charge in [0.2, 0.25) is 5.91 Å². The number of aliphatic carboxylic acids is 1. The third-order valence-corrected chi connectivity index (χ3v) is 5.01. The van der Waals surface area contributed by atoms with Gasteiger partial charge in [0.1, 0.15) is 5.54 Å². The molecule has 2 aliphatic heterocycles. The van der Waals surface area contributed by atoms with E-state index < -0.39 is 17.6 Å². The van der Waals surface area contributed by atoms with E-state index in [-0.39, 0.29) is 17.9 Å². The highest BCUT2D eigenvalue weighted by Crippen LogP contribution is 2.41. The van der Waals surface area contributed by atoms with E-state index >= 15 is 0 Å². The zero-order valence-corrected chi connectivity index (χ0v) is 13.0. The van der Waals surface area contributed by atoms with Gasteiger partial charge >= 0.3 is 5.97 Å². The van der Waals surface area contributed by atoms with Crippen LogP contribution in [-0.2, 0) is 9.59 Å². The van der Waals surface area contributed by atoms with E-state index in [4.69, 9.17) is 10.8 Å². The fourth-order valence-corrected chi connectivity index (χ4v) is 3.89. The number of carbonyl (C=O) groups excluding carboxylic acids is 1. The molecule has 1 amide bonds. The van der Waals surface area contributed by atoms with Crippen LogP contribution < -0.4 is 11.1 Å². The minimum absolute atomic E-state index is 0.0780. The standard InChI is InChI=1S/C14H25BN3O4/c1-9(16)12(19)18-7-4-10-11(18)8-17-14(10,13(20)21)5-2-3-6-15-22/h9-11,17,22H,2-8,16H2,1H3,(H,20,21)/t9-,10-,11-,14+/m0/s1. The lowest BCUT2D eigenvalue weighted by Gasteiger charge is -2.31. The average Bonchev–Trinajstić information content (AvgIpc) is 3.04. The highest BCUT2D eigenvalue weighted by atomic mass is 16.4. The predicted octanol–water partition coefficient (Wildman–Crippen LogP) is -0.823. The highest BCUT2D eigenvalue weighted by Gasteiger charge is 2.57. The summed E-state index contributed by atoms with van der Waals surface area (Å²) in [6, 6.07) is -0.641. The summed E-state index contributed by atoms with van der Waals surface area (Å²) in [6.07, 6.45) is 3.25. The normalized spacial score (nSPS) is 31.9. The summed E-state index contributed by atoms with van der Waals surface area (Å²) in [7, 11) is 1.11. The molecule has 0 spiro atoms. The Labute approximate surface area is 131 Å². The maximum absolute atomic E-state index is 12.2. The van der Waals surface area contributed by atoms with Gasteiger partial charge in [-0.25, -0.2) is 0 Å². The van der Waals surface area contributed by atoms with Gasteiger partial charge in [0.05, 0.1) is 6.04 Å². The molecule has 123 valence electrons. The molecule has 2 aliphatic rings. The SMILES string of the molecule is C[C@H](N)C(=O)N1CC[C@H]2[C@@H]1CN[C@@]2(CCCC[B]O)C(=O)O. The fourth-order valence-electron chi connectivity index (χ4n) is 3.89. The van der Waals surface area contributed by atoms with Gasteiger partial charge in [-0.05, 0) is 19.8 Å². The van der Waals surface area contributed by atoms with Gasteiger partial charge in [-0.2, -0.15) is 0 Å². The van der Waals surface area contributed by atoms with Crippen LogP contribution in [0.5, 0.6) is 0 Å². The molecule has 22 heavy (non-hydrogen) atoms. The van der Waals surface area contributed by atoms with Crippen molar-refractivity contribution in [2.75, 3.05) is 13.1 Å². The van der Waals surface area contributed by atoms with Crippen LogP contribution in [0.2, 0.25) is 6.32 Å². The maximum Gasteiger partial charge on any atom is 0.324 e. The molecule has 0 unspecified atom stereocenters. The van der Waals surface area contributed by atoms with Crippen molar-refractivity contribution in [3.63, 3.8) is 0 Å². The van der Waals surface area contributed by atoms with Gasteiger partial charge in [0, 0.05) is 25.0 Å². The van der Waals surface area contributed by atoms with E-state index in [9.17, 15) is 14.7 Å². The van der Waals surface area contributed by atoms with Gasteiger partial charge in [-0.1, -0.05) is 19.2 Å². The highest BCUT2D eigenvalue weighted by molar-refractivity contribution is 6.25. The van der Waals surface area contributed by atoms with Crippen LogP contribution in [-0.4, -0.2) is 65.1 Å². The van der Waals surface area contributed by atoms with Crippen LogP contribution in [0.4, 0.5) is 0 Å². The number of nitrogens with two attached hydrogens (primary N) is 1. The van der Waals surface area contributed by atoms with Crippen LogP contribution in [0.3, 0.4) is 0 Å². The lowest BCUT2D eigenvalue weighted by atomic mass is 9.78. The second-order valence-corrected chi connectivity index (χ2v) is 6.37. The van der Waals surface area contributed by atoms with Crippen molar-refractivity contribution in [2.45, 2.75) is 56.5 Å². The Morgan fingerprint density at radius 2 is 2.23 bits per heavy atom. The van der Waals surface area contributed by atoms with Crippen LogP contribution in [0.25, 0.3) is 0 Å².